The molecule has 0 radical (unpaired) electrons. The lowest BCUT2D eigenvalue weighted by atomic mass is 9.85. The highest BCUT2D eigenvalue weighted by molar-refractivity contribution is 6.09. The van der Waals surface area contributed by atoms with Gasteiger partial charge in [0.05, 0.1) is 17.5 Å². The lowest BCUT2D eigenvalue weighted by Crippen LogP contribution is -2.44. The Balaban J connectivity index is 1.57. The molecule has 1 saturated heterocycles. The van der Waals surface area contributed by atoms with Crippen LogP contribution in [0.4, 0.5) is 14.9 Å². The molecule has 3 rings (SSSR count). The highest BCUT2D eigenvalue weighted by atomic mass is 19.1. The van der Waals surface area contributed by atoms with Crippen LogP contribution in [0.25, 0.3) is 0 Å². The molecule has 2 N–H and O–H groups in total. The Bertz CT molecular complexity index is 751. The fourth-order valence-electron chi connectivity index (χ4n) is 3.05. The van der Waals surface area contributed by atoms with E-state index in [0.717, 1.165) is 11.0 Å². The van der Waals surface area contributed by atoms with Gasteiger partial charge >= 0.3 is 6.03 Å². The highest BCUT2D eigenvalue weighted by Gasteiger charge is 2.47. The van der Waals surface area contributed by atoms with Crippen LogP contribution in [0.2, 0.25) is 0 Å². The summed E-state index contributed by atoms with van der Waals surface area (Å²) in [4.78, 5) is 49.1. The second-order valence-electron chi connectivity index (χ2n) is 5.90. The monoisotopic (exact) mass is 345 g/mol. The molecule has 0 bridgehead atoms. The van der Waals surface area contributed by atoms with Gasteiger partial charge in [0.1, 0.15) is 12.4 Å². The molecule has 7 nitrogen and oxygen atoms in total. The lowest BCUT2D eigenvalue weighted by molar-refractivity contribution is -0.143. The van der Waals surface area contributed by atoms with Crippen LogP contribution in [0.1, 0.15) is 12.8 Å². The molecule has 25 heavy (non-hydrogen) atoms. The van der Waals surface area contributed by atoms with E-state index in [4.69, 9.17) is 0 Å². The Morgan fingerprint density at radius 2 is 1.68 bits per heavy atom. The van der Waals surface area contributed by atoms with E-state index < -0.39 is 48.0 Å². The maximum atomic E-state index is 13.5. The van der Waals surface area contributed by atoms with E-state index in [2.05, 4.69) is 5.32 Å². The summed E-state index contributed by atoms with van der Waals surface area (Å²) in [5.41, 5.74) is -0.0850. The zero-order chi connectivity index (χ0) is 18.0. The van der Waals surface area contributed by atoms with Gasteiger partial charge in [0.25, 0.3) is 0 Å². The number of urea groups is 1. The molecule has 2 aliphatic rings. The van der Waals surface area contributed by atoms with Crippen LogP contribution in [0.5, 0.6) is 0 Å². The van der Waals surface area contributed by atoms with Gasteiger partial charge in [-0.25, -0.2) is 9.18 Å². The Hall–Kier alpha value is -3.03. The van der Waals surface area contributed by atoms with Crippen LogP contribution in [0, 0.1) is 17.7 Å². The highest BCUT2D eigenvalue weighted by Crippen LogP contribution is 2.34. The van der Waals surface area contributed by atoms with Crippen molar-refractivity contribution in [1.29, 1.82) is 0 Å². The summed E-state index contributed by atoms with van der Waals surface area (Å²) in [6.45, 7) is -0.532. The fraction of sp³-hybridized carbons (Fsp3) is 0.294. The van der Waals surface area contributed by atoms with E-state index in [1.165, 1.54) is 18.2 Å². The molecule has 1 fully saturated rings. The van der Waals surface area contributed by atoms with Crippen molar-refractivity contribution in [2.24, 2.45) is 11.8 Å². The Kier molecular flexibility index (Phi) is 4.60. The first-order chi connectivity index (χ1) is 12.0. The predicted octanol–water partition coefficient (Wildman–Crippen LogP) is 1.43. The quantitative estimate of drug-likeness (QED) is 0.640. The third kappa shape index (κ3) is 3.42. The van der Waals surface area contributed by atoms with Crippen molar-refractivity contribution in [3.05, 3.63) is 42.2 Å². The number of hydrogen-bond donors (Lipinski definition) is 2. The summed E-state index contributed by atoms with van der Waals surface area (Å²) >= 11 is 0. The molecule has 1 aromatic rings. The van der Waals surface area contributed by atoms with Crippen LogP contribution in [0.15, 0.2) is 36.4 Å². The van der Waals surface area contributed by atoms with E-state index in [0.29, 0.717) is 12.8 Å². The molecule has 1 aromatic carbocycles. The molecule has 0 aromatic heterocycles. The van der Waals surface area contributed by atoms with Crippen molar-refractivity contribution in [3.63, 3.8) is 0 Å². The molecule has 2 atom stereocenters. The normalized spacial score (nSPS) is 21.9. The molecule has 0 saturated carbocycles. The van der Waals surface area contributed by atoms with Gasteiger partial charge in [0, 0.05) is 0 Å². The minimum atomic E-state index is -0.937. The Labute approximate surface area is 142 Å². The van der Waals surface area contributed by atoms with E-state index >= 15 is 0 Å². The summed E-state index contributed by atoms with van der Waals surface area (Å²) < 4.78 is 13.5. The van der Waals surface area contributed by atoms with Crippen molar-refractivity contribution in [3.8, 4) is 0 Å². The number of benzene rings is 1. The van der Waals surface area contributed by atoms with Crippen molar-refractivity contribution in [1.82, 2.24) is 10.2 Å². The SMILES string of the molecule is O=C(CN1C(=O)[C@H]2CC=CC[C@@H]2C1=O)NC(=O)Nc1ccccc1F. The van der Waals surface area contributed by atoms with E-state index in [-0.39, 0.29) is 5.69 Å². The van der Waals surface area contributed by atoms with Gasteiger partial charge in [-0.3, -0.25) is 24.6 Å². The lowest BCUT2D eigenvalue weighted by Gasteiger charge is -2.14. The number of nitrogens with one attached hydrogen (secondary N) is 2. The average Bonchev–Trinajstić information content (AvgIpc) is 2.82. The van der Waals surface area contributed by atoms with Gasteiger partial charge in [-0.2, -0.15) is 0 Å². The standard InChI is InChI=1S/C17H16FN3O4/c18-12-7-3-4-8-13(12)19-17(25)20-14(22)9-21-15(23)10-5-1-2-6-11(10)16(21)24/h1-4,7-8,10-11H,5-6,9H2,(H2,19,20,22,25)/t10-,11-/m0/s1. The molecule has 1 aliphatic carbocycles. The minimum absolute atomic E-state index is 0.0850. The van der Waals surface area contributed by atoms with Gasteiger partial charge in [-0.05, 0) is 25.0 Å². The van der Waals surface area contributed by atoms with Gasteiger partial charge in [-0.1, -0.05) is 24.3 Å². The number of para-hydroxylation sites is 1. The minimum Gasteiger partial charge on any atom is -0.305 e. The van der Waals surface area contributed by atoms with E-state index in [1.54, 1.807) is 0 Å². The number of imide groups is 2. The third-order valence-electron chi connectivity index (χ3n) is 4.28. The molecular weight excluding hydrogens is 329 g/mol. The zero-order valence-electron chi connectivity index (χ0n) is 13.2. The first-order valence-electron chi connectivity index (χ1n) is 7.83. The molecular formula is C17H16FN3O4. The van der Waals surface area contributed by atoms with Crippen LogP contribution in [-0.4, -0.2) is 35.2 Å². The first-order valence-corrected chi connectivity index (χ1v) is 7.83. The Morgan fingerprint density at radius 1 is 1.08 bits per heavy atom. The Morgan fingerprint density at radius 3 is 2.28 bits per heavy atom. The number of hydrogen-bond acceptors (Lipinski definition) is 4. The number of nitrogens with zero attached hydrogens (tertiary/aromatic N) is 1. The number of likely N-dealkylation sites (tertiary alicyclic amines) is 1. The van der Waals surface area contributed by atoms with Crippen LogP contribution in [0.3, 0.4) is 0 Å². The summed E-state index contributed by atoms with van der Waals surface area (Å²) in [5, 5.41) is 4.18. The summed E-state index contributed by atoms with van der Waals surface area (Å²) in [6.07, 6.45) is 4.64. The number of allylic oxidation sites excluding steroid dienone is 2. The molecule has 0 unspecified atom stereocenters. The number of rotatable bonds is 3. The summed E-state index contributed by atoms with van der Waals surface area (Å²) in [5.74, 6) is -3.13. The zero-order valence-corrected chi connectivity index (χ0v) is 13.2. The number of anilines is 1. The second kappa shape index (κ2) is 6.84. The van der Waals surface area contributed by atoms with Crippen molar-refractivity contribution < 1.29 is 23.6 Å². The van der Waals surface area contributed by atoms with Gasteiger partial charge in [0.15, 0.2) is 0 Å². The van der Waals surface area contributed by atoms with Crippen LogP contribution in [-0.2, 0) is 14.4 Å². The van der Waals surface area contributed by atoms with E-state index in [9.17, 15) is 23.6 Å². The second-order valence-corrected chi connectivity index (χ2v) is 5.90. The molecule has 130 valence electrons. The topological polar surface area (TPSA) is 95.6 Å². The summed E-state index contributed by atoms with van der Waals surface area (Å²) in [6, 6.07) is 4.55. The number of carbonyl (C=O) groups excluding carboxylic acids is 4. The fourth-order valence-corrected chi connectivity index (χ4v) is 3.05. The number of halogens is 1. The molecule has 5 amide bonds. The third-order valence-corrected chi connectivity index (χ3v) is 4.28. The van der Waals surface area contributed by atoms with Crippen molar-refractivity contribution in [2.75, 3.05) is 11.9 Å². The number of carbonyl (C=O) groups is 4. The van der Waals surface area contributed by atoms with Crippen LogP contribution >= 0.6 is 0 Å². The van der Waals surface area contributed by atoms with Crippen molar-refractivity contribution in [2.45, 2.75) is 12.8 Å². The summed E-state index contributed by atoms with van der Waals surface area (Å²) in [7, 11) is 0. The van der Waals surface area contributed by atoms with Gasteiger partial charge in [0.2, 0.25) is 17.7 Å². The first kappa shape index (κ1) is 16.8. The van der Waals surface area contributed by atoms with Gasteiger partial charge in [-0.15, -0.1) is 0 Å². The van der Waals surface area contributed by atoms with Crippen LogP contribution < -0.4 is 10.6 Å². The average molecular weight is 345 g/mol. The van der Waals surface area contributed by atoms with Gasteiger partial charge < -0.3 is 5.32 Å². The number of fused-ring (bicyclic) bond motifs is 1. The van der Waals surface area contributed by atoms with Crippen molar-refractivity contribution >= 4 is 29.4 Å². The maximum absolute atomic E-state index is 13.5. The van der Waals surface area contributed by atoms with E-state index in [1.807, 2.05) is 17.5 Å². The number of amides is 5. The molecule has 1 aliphatic heterocycles. The smallest absolute Gasteiger partial charge is 0.305 e. The molecule has 0 spiro atoms. The maximum Gasteiger partial charge on any atom is 0.326 e. The molecule has 1 heterocycles. The largest absolute Gasteiger partial charge is 0.326 e. The molecule has 8 heteroatoms. The predicted molar refractivity (Wildman–Crippen MR) is 85.6 cm³/mol.